The van der Waals surface area contributed by atoms with E-state index in [1.165, 1.54) is 25.7 Å². The Balaban J connectivity index is 2.53. The van der Waals surface area contributed by atoms with Crippen LogP contribution in [0.5, 0.6) is 0 Å². The summed E-state index contributed by atoms with van der Waals surface area (Å²) in [4.78, 5) is 0. The van der Waals surface area contributed by atoms with Gasteiger partial charge < -0.3 is 14.8 Å². The molecule has 0 spiro atoms. The molecule has 0 aromatic heterocycles. The lowest BCUT2D eigenvalue weighted by atomic mass is 9.68. The Morgan fingerprint density at radius 1 is 1.10 bits per heavy atom. The molecule has 0 aliphatic heterocycles. The summed E-state index contributed by atoms with van der Waals surface area (Å²) in [6.07, 6.45) is 5.34. The van der Waals surface area contributed by atoms with E-state index in [4.69, 9.17) is 9.47 Å². The van der Waals surface area contributed by atoms with Crippen molar-refractivity contribution >= 4 is 0 Å². The van der Waals surface area contributed by atoms with Crippen LogP contribution in [0.25, 0.3) is 0 Å². The molecule has 0 aromatic rings. The van der Waals surface area contributed by atoms with Gasteiger partial charge in [-0.3, -0.25) is 0 Å². The van der Waals surface area contributed by atoms with Crippen molar-refractivity contribution in [2.45, 2.75) is 72.4 Å². The van der Waals surface area contributed by atoms with Gasteiger partial charge in [-0.25, -0.2) is 0 Å². The summed E-state index contributed by atoms with van der Waals surface area (Å²) in [5.41, 5.74) is 0.429. The molecule has 0 saturated heterocycles. The SMILES string of the molecule is CCNC1CCC(C(C)(C)CC)CC1OCCOCC. The minimum absolute atomic E-state index is 0.347. The van der Waals surface area contributed by atoms with Crippen LogP contribution in [0.15, 0.2) is 0 Å². The first-order valence-electron chi connectivity index (χ1n) is 8.47. The van der Waals surface area contributed by atoms with Crippen LogP contribution in [0.3, 0.4) is 0 Å². The third-order valence-electron chi connectivity index (χ3n) is 5.04. The number of rotatable bonds is 9. The fourth-order valence-corrected chi connectivity index (χ4v) is 3.21. The van der Waals surface area contributed by atoms with Crippen molar-refractivity contribution in [1.82, 2.24) is 5.32 Å². The second kappa shape index (κ2) is 9.01. The summed E-state index contributed by atoms with van der Waals surface area (Å²) in [7, 11) is 0. The fraction of sp³-hybridized carbons (Fsp3) is 1.00. The van der Waals surface area contributed by atoms with Gasteiger partial charge in [-0.15, -0.1) is 0 Å². The molecular formula is C17H35NO2. The highest BCUT2D eigenvalue weighted by atomic mass is 16.5. The zero-order valence-electron chi connectivity index (χ0n) is 14.2. The minimum atomic E-state index is 0.347. The van der Waals surface area contributed by atoms with Gasteiger partial charge in [-0.05, 0) is 44.1 Å². The molecule has 1 N–H and O–H groups in total. The summed E-state index contributed by atoms with van der Waals surface area (Å²) < 4.78 is 11.5. The Morgan fingerprint density at radius 2 is 1.85 bits per heavy atom. The van der Waals surface area contributed by atoms with E-state index in [1.807, 2.05) is 6.92 Å². The van der Waals surface area contributed by atoms with Gasteiger partial charge >= 0.3 is 0 Å². The normalized spacial score (nSPS) is 27.8. The van der Waals surface area contributed by atoms with E-state index in [0.717, 1.165) is 25.7 Å². The molecule has 1 fully saturated rings. The monoisotopic (exact) mass is 285 g/mol. The van der Waals surface area contributed by atoms with Crippen molar-refractivity contribution in [3.05, 3.63) is 0 Å². The molecule has 0 bridgehead atoms. The molecule has 3 nitrogen and oxygen atoms in total. The summed E-state index contributed by atoms with van der Waals surface area (Å²) in [6, 6.07) is 0.519. The average Bonchev–Trinajstić information content (AvgIpc) is 2.45. The lowest BCUT2D eigenvalue weighted by Gasteiger charge is -2.43. The van der Waals surface area contributed by atoms with E-state index in [9.17, 15) is 0 Å². The summed E-state index contributed by atoms with van der Waals surface area (Å²) >= 11 is 0. The second-order valence-corrected chi connectivity index (χ2v) is 6.62. The molecule has 0 amide bonds. The van der Waals surface area contributed by atoms with E-state index in [0.29, 0.717) is 24.2 Å². The molecule has 3 heteroatoms. The quantitative estimate of drug-likeness (QED) is 0.656. The predicted molar refractivity (Wildman–Crippen MR) is 85.1 cm³/mol. The predicted octanol–water partition coefficient (Wildman–Crippen LogP) is 3.62. The highest BCUT2D eigenvalue weighted by molar-refractivity contribution is 4.90. The summed E-state index contributed by atoms with van der Waals surface area (Å²) in [5, 5.41) is 3.60. The molecule has 1 saturated carbocycles. The number of likely N-dealkylation sites (N-methyl/N-ethyl adjacent to an activating group) is 1. The van der Waals surface area contributed by atoms with Crippen LogP contribution in [0.1, 0.15) is 60.3 Å². The molecule has 3 unspecified atom stereocenters. The minimum Gasteiger partial charge on any atom is -0.379 e. The molecular weight excluding hydrogens is 250 g/mol. The number of ether oxygens (including phenoxy) is 2. The third-order valence-corrected chi connectivity index (χ3v) is 5.04. The van der Waals surface area contributed by atoms with Crippen LogP contribution in [0.4, 0.5) is 0 Å². The largest absolute Gasteiger partial charge is 0.379 e. The van der Waals surface area contributed by atoms with E-state index in [2.05, 4.69) is 33.0 Å². The molecule has 1 aliphatic rings. The summed E-state index contributed by atoms with van der Waals surface area (Å²) in [6.45, 7) is 14.6. The second-order valence-electron chi connectivity index (χ2n) is 6.62. The van der Waals surface area contributed by atoms with Crippen LogP contribution in [0, 0.1) is 11.3 Å². The van der Waals surface area contributed by atoms with E-state index in [-0.39, 0.29) is 0 Å². The van der Waals surface area contributed by atoms with E-state index >= 15 is 0 Å². The Kier molecular flexibility index (Phi) is 8.08. The molecule has 0 radical (unpaired) electrons. The maximum atomic E-state index is 6.13. The van der Waals surface area contributed by atoms with Crippen molar-refractivity contribution in [1.29, 1.82) is 0 Å². The van der Waals surface area contributed by atoms with Crippen LogP contribution in [-0.4, -0.2) is 38.5 Å². The number of hydrogen-bond acceptors (Lipinski definition) is 3. The van der Waals surface area contributed by atoms with Crippen molar-refractivity contribution in [2.75, 3.05) is 26.4 Å². The van der Waals surface area contributed by atoms with Gasteiger partial charge in [0.2, 0.25) is 0 Å². The molecule has 120 valence electrons. The zero-order chi connectivity index (χ0) is 15.0. The van der Waals surface area contributed by atoms with Crippen LogP contribution in [-0.2, 0) is 9.47 Å². The van der Waals surface area contributed by atoms with Gasteiger partial charge in [0.15, 0.2) is 0 Å². The molecule has 1 rings (SSSR count). The van der Waals surface area contributed by atoms with Crippen molar-refractivity contribution in [3.8, 4) is 0 Å². The van der Waals surface area contributed by atoms with Crippen molar-refractivity contribution in [2.24, 2.45) is 11.3 Å². The van der Waals surface area contributed by atoms with Crippen LogP contribution >= 0.6 is 0 Å². The van der Waals surface area contributed by atoms with E-state index < -0.39 is 0 Å². The van der Waals surface area contributed by atoms with Gasteiger partial charge in [-0.2, -0.15) is 0 Å². The molecule has 0 aromatic carbocycles. The van der Waals surface area contributed by atoms with Gasteiger partial charge in [0.25, 0.3) is 0 Å². The van der Waals surface area contributed by atoms with Crippen molar-refractivity contribution < 1.29 is 9.47 Å². The van der Waals surface area contributed by atoms with Gasteiger partial charge in [0, 0.05) is 12.6 Å². The first kappa shape index (κ1) is 17.9. The summed E-state index contributed by atoms with van der Waals surface area (Å²) in [5.74, 6) is 0.777. The lowest BCUT2D eigenvalue weighted by molar-refractivity contribution is -0.0493. The van der Waals surface area contributed by atoms with Gasteiger partial charge in [-0.1, -0.05) is 34.1 Å². The van der Waals surface area contributed by atoms with E-state index in [1.54, 1.807) is 0 Å². The maximum absolute atomic E-state index is 6.13. The molecule has 0 heterocycles. The average molecular weight is 285 g/mol. The van der Waals surface area contributed by atoms with Gasteiger partial charge in [0.1, 0.15) is 0 Å². The Labute approximate surface area is 125 Å². The molecule has 1 aliphatic carbocycles. The Bertz CT molecular complexity index is 255. The Hall–Kier alpha value is -0.120. The zero-order valence-corrected chi connectivity index (χ0v) is 14.2. The standard InChI is InChI=1S/C17H35NO2/c1-6-17(4,5)14-9-10-15(18-7-2)16(13-14)20-12-11-19-8-3/h14-16,18H,6-13H2,1-5H3. The smallest absolute Gasteiger partial charge is 0.0732 e. The lowest BCUT2D eigenvalue weighted by Crippen LogP contribution is -2.48. The highest BCUT2D eigenvalue weighted by Crippen LogP contribution is 2.41. The highest BCUT2D eigenvalue weighted by Gasteiger charge is 2.37. The Morgan fingerprint density at radius 3 is 2.45 bits per heavy atom. The molecule has 20 heavy (non-hydrogen) atoms. The third kappa shape index (κ3) is 5.34. The number of nitrogens with one attached hydrogen (secondary N) is 1. The van der Waals surface area contributed by atoms with Crippen molar-refractivity contribution in [3.63, 3.8) is 0 Å². The first-order valence-corrected chi connectivity index (χ1v) is 8.47. The fourth-order valence-electron chi connectivity index (χ4n) is 3.21. The topological polar surface area (TPSA) is 30.5 Å². The maximum Gasteiger partial charge on any atom is 0.0732 e. The number of hydrogen-bond donors (Lipinski definition) is 1. The van der Waals surface area contributed by atoms with Gasteiger partial charge in [0.05, 0.1) is 19.3 Å². The first-order chi connectivity index (χ1) is 9.55. The van der Waals surface area contributed by atoms with Crippen LogP contribution < -0.4 is 5.32 Å². The van der Waals surface area contributed by atoms with Crippen LogP contribution in [0.2, 0.25) is 0 Å². The molecule has 3 atom stereocenters.